The van der Waals surface area contributed by atoms with Crippen molar-refractivity contribution in [1.29, 1.82) is 0 Å². The van der Waals surface area contributed by atoms with Gasteiger partial charge in [-0.05, 0) is 67.5 Å². The summed E-state index contributed by atoms with van der Waals surface area (Å²) in [5, 5.41) is -0.216. The number of hydrogen-bond acceptors (Lipinski definition) is 5. The fraction of sp³-hybridized carbons (Fsp3) is 0.250. The molecule has 0 bridgehead atoms. The minimum absolute atomic E-state index is 0.000147. The number of allylic oxidation sites excluding steroid dienone is 2. The van der Waals surface area contributed by atoms with Crippen LogP contribution in [0.4, 0.5) is 5.69 Å². The monoisotopic (exact) mass is 412 g/mol. The molecule has 1 aromatic carbocycles. The average molecular weight is 412 g/mol. The van der Waals surface area contributed by atoms with E-state index >= 15 is 0 Å². The molecule has 8 nitrogen and oxygen atoms in total. The summed E-state index contributed by atoms with van der Waals surface area (Å²) in [7, 11) is -3.99. The van der Waals surface area contributed by atoms with E-state index in [0.29, 0.717) is 11.3 Å². The fourth-order valence-electron chi connectivity index (χ4n) is 3.46. The molecule has 150 valence electrons. The number of sulfonamides is 1. The number of rotatable bonds is 4. The van der Waals surface area contributed by atoms with Gasteiger partial charge in [-0.1, -0.05) is 18.2 Å². The van der Waals surface area contributed by atoms with Crippen molar-refractivity contribution in [3.63, 3.8) is 0 Å². The quantitative estimate of drug-likeness (QED) is 0.568. The zero-order valence-electron chi connectivity index (χ0n) is 15.8. The van der Waals surface area contributed by atoms with Crippen molar-refractivity contribution in [3.8, 4) is 0 Å². The lowest BCUT2D eigenvalue weighted by Gasteiger charge is -2.14. The van der Waals surface area contributed by atoms with E-state index in [1.165, 1.54) is 24.5 Å². The van der Waals surface area contributed by atoms with E-state index < -0.39 is 21.1 Å². The summed E-state index contributed by atoms with van der Waals surface area (Å²) in [5.41, 5.74) is 1.69. The van der Waals surface area contributed by atoms with Gasteiger partial charge < -0.3 is 9.97 Å². The lowest BCUT2D eigenvalue weighted by molar-refractivity contribution is 0.597. The number of aromatic nitrogens is 3. The first-order valence-electron chi connectivity index (χ1n) is 9.30. The predicted octanol–water partition coefficient (Wildman–Crippen LogP) is 2.68. The molecule has 0 saturated carbocycles. The number of nitrogens with zero attached hydrogens (tertiary/aromatic N) is 1. The summed E-state index contributed by atoms with van der Waals surface area (Å²) in [6.07, 6.45) is 6.71. The first kappa shape index (κ1) is 19.1. The third kappa shape index (κ3) is 3.86. The Hall–Kier alpha value is -3.20. The molecule has 0 saturated heterocycles. The van der Waals surface area contributed by atoms with Crippen molar-refractivity contribution in [1.82, 2.24) is 15.0 Å². The summed E-state index contributed by atoms with van der Waals surface area (Å²) < 4.78 is 28.2. The Morgan fingerprint density at radius 3 is 2.45 bits per heavy atom. The lowest BCUT2D eigenvalue weighted by atomic mass is 9.94. The smallest absolute Gasteiger partial charge is 0.315 e. The number of pyridine rings is 1. The second-order valence-electron chi connectivity index (χ2n) is 7.07. The molecule has 2 heterocycles. The highest BCUT2D eigenvalue weighted by molar-refractivity contribution is 7.92. The third-order valence-electron chi connectivity index (χ3n) is 4.91. The number of anilines is 1. The largest absolute Gasteiger partial charge is 0.315 e. The number of H-pyrrole nitrogens is 2. The standard InChI is InChI=1S/C20H20N4O4S/c1-12-11-16-17(22-19(26)18(25)21-16)23-20(12)29(27,28)24-15-9-7-14(8-10-15)13-5-3-2-4-6-13/h5,7-11,24H,2-4,6H2,1H3,(H,21,25)(H,22,23,26). The number of fused-ring (bicyclic) bond motifs is 1. The Morgan fingerprint density at radius 1 is 1.03 bits per heavy atom. The van der Waals surface area contributed by atoms with Gasteiger partial charge in [0.25, 0.3) is 10.0 Å². The van der Waals surface area contributed by atoms with Gasteiger partial charge in [0.1, 0.15) is 0 Å². The summed E-state index contributed by atoms with van der Waals surface area (Å²) in [5.74, 6) is 0. The van der Waals surface area contributed by atoms with Crippen molar-refractivity contribution in [3.05, 3.63) is 68.2 Å². The Balaban J connectivity index is 1.65. The van der Waals surface area contributed by atoms with Gasteiger partial charge >= 0.3 is 11.1 Å². The molecule has 0 spiro atoms. The molecule has 0 aliphatic heterocycles. The van der Waals surface area contributed by atoms with E-state index in [2.05, 4.69) is 25.8 Å². The summed E-state index contributed by atoms with van der Waals surface area (Å²) >= 11 is 0. The van der Waals surface area contributed by atoms with E-state index in [-0.39, 0.29) is 16.2 Å². The molecule has 0 radical (unpaired) electrons. The van der Waals surface area contributed by atoms with Gasteiger partial charge in [-0.2, -0.15) is 8.42 Å². The minimum Gasteiger partial charge on any atom is -0.315 e. The molecule has 0 unspecified atom stereocenters. The Morgan fingerprint density at radius 2 is 1.76 bits per heavy atom. The van der Waals surface area contributed by atoms with Crippen LogP contribution in [0.2, 0.25) is 0 Å². The topological polar surface area (TPSA) is 125 Å². The number of aromatic amines is 2. The molecule has 0 amide bonds. The van der Waals surface area contributed by atoms with Crippen molar-refractivity contribution in [2.24, 2.45) is 0 Å². The van der Waals surface area contributed by atoms with E-state index in [9.17, 15) is 18.0 Å². The van der Waals surface area contributed by atoms with Gasteiger partial charge in [0.15, 0.2) is 10.7 Å². The lowest BCUT2D eigenvalue weighted by Crippen LogP contribution is -2.29. The Labute approximate surface area is 166 Å². The van der Waals surface area contributed by atoms with Gasteiger partial charge in [-0.15, -0.1) is 0 Å². The minimum atomic E-state index is -3.99. The summed E-state index contributed by atoms with van der Waals surface area (Å²) in [6.45, 7) is 1.57. The summed E-state index contributed by atoms with van der Waals surface area (Å²) in [4.78, 5) is 31.7. The van der Waals surface area contributed by atoms with Gasteiger partial charge in [-0.25, -0.2) is 4.98 Å². The molecule has 1 aliphatic carbocycles. The Kier molecular flexibility index (Phi) is 4.83. The molecule has 0 fully saturated rings. The molecular formula is C20H20N4O4S. The molecule has 0 atom stereocenters. The van der Waals surface area contributed by atoms with Crippen LogP contribution in [0.15, 0.2) is 51.0 Å². The van der Waals surface area contributed by atoms with Crippen molar-refractivity contribution in [2.45, 2.75) is 37.6 Å². The number of nitrogens with one attached hydrogen (secondary N) is 3. The second kappa shape index (κ2) is 7.32. The molecule has 1 aliphatic rings. The molecule has 2 aromatic heterocycles. The maximum atomic E-state index is 12.9. The molecule has 4 rings (SSSR count). The van der Waals surface area contributed by atoms with Crippen LogP contribution < -0.4 is 15.8 Å². The molecule has 3 N–H and O–H groups in total. The maximum Gasteiger partial charge on any atom is 0.315 e. The van der Waals surface area contributed by atoms with Crippen LogP contribution in [-0.4, -0.2) is 23.4 Å². The van der Waals surface area contributed by atoms with E-state index in [1.54, 1.807) is 19.1 Å². The molecule has 29 heavy (non-hydrogen) atoms. The van der Waals surface area contributed by atoms with Gasteiger partial charge in [0, 0.05) is 5.69 Å². The van der Waals surface area contributed by atoms with Crippen LogP contribution in [0.25, 0.3) is 16.7 Å². The number of hydrogen-bond donors (Lipinski definition) is 3. The zero-order chi connectivity index (χ0) is 20.6. The van der Waals surface area contributed by atoms with Crippen LogP contribution in [0.1, 0.15) is 36.8 Å². The van der Waals surface area contributed by atoms with Crippen molar-refractivity contribution in [2.75, 3.05) is 4.72 Å². The van der Waals surface area contributed by atoms with Gasteiger partial charge in [-0.3, -0.25) is 14.3 Å². The number of aryl methyl sites for hydroxylation is 1. The van der Waals surface area contributed by atoms with Crippen molar-refractivity contribution < 1.29 is 8.42 Å². The van der Waals surface area contributed by atoms with Crippen LogP contribution >= 0.6 is 0 Å². The Bertz CT molecular complexity index is 1340. The first-order valence-corrected chi connectivity index (χ1v) is 10.8. The van der Waals surface area contributed by atoms with Crippen LogP contribution in [0, 0.1) is 6.92 Å². The highest BCUT2D eigenvalue weighted by Crippen LogP contribution is 2.28. The fourth-order valence-corrected chi connectivity index (χ4v) is 4.70. The second-order valence-corrected chi connectivity index (χ2v) is 8.67. The van der Waals surface area contributed by atoms with E-state index in [4.69, 9.17) is 0 Å². The highest BCUT2D eigenvalue weighted by Gasteiger charge is 2.20. The van der Waals surface area contributed by atoms with E-state index in [1.807, 2.05) is 12.1 Å². The van der Waals surface area contributed by atoms with Crippen LogP contribution in [0.3, 0.4) is 0 Å². The molecule has 9 heteroatoms. The van der Waals surface area contributed by atoms with Crippen LogP contribution in [0.5, 0.6) is 0 Å². The highest BCUT2D eigenvalue weighted by atomic mass is 32.2. The molecular weight excluding hydrogens is 392 g/mol. The zero-order valence-corrected chi connectivity index (χ0v) is 16.6. The normalized spacial score (nSPS) is 14.6. The molecule has 3 aromatic rings. The average Bonchev–Trinajstić information content (AvgIpc) is 2.70. The predicted molar refractivity (Wildman–Crippen MR) is 111 cm³/mol. The van der Waals surface area contributed by atoms with E-state index in [0.717, 1.165) is 18.4 Å². The summed E-state index contributed by atoms with van der Waals surface area (Å²) in [6, 6.07) is 8.71. The SMILES string of the molecule is Cc1cc2[nH]c(=O)c(=O)[nH]c2nc1S(=O)(=O)Nc1ccc(C2=CCCCC2)cc1. The maximum absolute atomic E-state index is 12.9. The first-order chi connectivity index (χ1) is 13.8. The number of benzene rings is 1. The van der Waals surface area contributed by atoms with Gasteiger partial charge in [0.2, 0.25) is 0 Å². The van der Waals surface area contributed by atoms with Crippen molar-refractivity contribution >= 4 is 32.4 Å². The third-order valence-corrected chi connectivity index (χ3v) is 6.33. The van der Waals surface area contributed by atoms with Crippen LogP contribution in [-0.2, 0) is 10.0 Å². The van der Waals surface area contributed by atoms with Gasteiger partial charge in [0.05, 0.1) is 5.52 Å².